The Hall–Kier alpha value is -0.280. The number of aliphatic imine (C=N–C) groups is 1. The maximum atomic E-state index is 4.20. The van der Waals surface area contributed by atoms with Crippen molar-refractivity contribution in [2.75, 3.05) is 25.9 Å². The van der Waals surface area contributed by atoms with E-state index in [-0.39, 0.29) is 0 Å². The molecular weight excluding hydrogens is 156 g/mol. The molecule has 0 unspecified atom stereocenters. The number of likely N-dealkylation sites (N-methyl/N-ethyl adjacent to an activating group) is 1. The Morgan fingerprint density at radius 2 is 2.55 bits per heavy atom. The van der Waals surface area contributed by atoms with Crippen molar-refractivity contribution in [3.63, 3.8) is 0 Å². The molecule has 0 saturated heterocycles. The van der Waals surface area contributed by atoms with Crippen LogP contribution in [0, 0.1) is 0 Å². The molecule has 0 aromatic heterocycles. The molecule has 1 rings (SSSR count). The van der Waals surface area contributed by atoms with Crippen molar-refractivity contribution in [2.45, 2.75) is 6.42 Å². The summed E-state index contributed by atoms with van der Waals surface area (Å²) in [4.78, 5) is 6.45. The van der Waals surface area contributed by atoms with Crippen molar-refractivity contribution >= 4 is 17.3 Å². The number of nitrogens with zero attached hydrogens (tertiary/aromatic N) is 2. The summed E-state index contributed by atoms with van der Waals surface area (Å²) in [7, 11) is 2.11. The minimum atomic E-state index is 0.900. The van der Waals surface area contributed by atoms with E-state index in [0.29, 0.717) is 0 Å². The van der Waals surface area contributed by atoms with Crippen LogP contribution in [0.25, 0.3) is 0 Å². The first-order valence-corrected chi connectivity index (χ1v) is 4.84. The highest BCUT2D eigenvalue weighted by atomic mass is 32.2. The van der Waals surface area contributed by atoms with E-state index in [9.17, 15) is 0 Å². The molecule has 3 heteroatoms. The average molecular weight is 170 g/mol. The van der Waals surface area contributed by atoms with Gasteiger partial charge in [-0.25, -0.2) is 0 Å². The summed E-state index contributed by atoms with van der Waals surface area (Å²) in [5.74, 6) is 1.17. The monoisotopic (exact) mass is 170 g/mol. The van der Waals surface area contributed by atoms with E-state index >= 15 is 0 Å². The van der Waals surface area contributed by atoms with Gasteiger partial charge in [-0.15, -0.1) is 11.8 Å². The zero-order chi connectivity index (χ0) is 8.10. The van der Waals surface area contributed by atoms with Crippen LogP contribution in [0.4, 0.5) is 0 Å². The molecule has 1 aliphatic rings. The van der Waals surface area contributed by atoms with Gasteiger partial charge in [-0.3, -0.25) is 4.99 Å². The zero-order valence-electron chi connectivity index (χ0n) is 6.92. The molecule has 1 aliphatic heterocycles. The van der Waals surface area contributed by atoms with Crippen LogP contribution in [0.15, 0.2) is 17.3 Å². The summed E-state index contributed by atoms with van der Waals surface area (Å²) in [6, 6.07) is 0. The molecule has 0 aromatic carbocycles. The number of hydrogen-bond donors (Lipinski definition) is 0. The van der Waals surface area contributed by atoms with Crippen LogP contribution in [0.2, 0.25) is 0 Å². The van der Waals surface area contributed by atoms with Crippen LogP contribution in [0.5, 0.6) is 0 Å². The molecule has 0 spiro atoms. The highest BCUT2D eigenvalue weighted by Gasteiger charge is 2.01. The predicted octanol–water partition coefficient (Wildman–Crippen LogP) is 1.60. The average Bonchev–Trinajstić information content (AvgIpc) is 2.02. The Bertz CT molecular complexity index is 165. The molecule has 0 N–H and O–H groups in total. The van der Waals surface area contributed by atoms with Crippen molar-refractivity contribution in [2.24, 2.45) is 4.99 Å². The van der Waals surface area contributed by atoms with Crippen molar-refractivity contribution < 1.29 is 0 Å². The second-order valence-corrected chi connectivity index (χ2v) is 3.72. The van der Waals surface area contributed by atoms with Gasteiger partial charge in [0.2, 0.25) is 0 Å². The van der Waals surface area contributed by atoms with E-state index < -0.39 is 0 Å². The van der Waals surface area contributed by atoms with Gasteiger partial charge in [0.1, 0.15) is 0 Å². The van der Waals surface area contributed by atoms with E-state index in [0.717, 1.165) is 18.8 Å². The zero-order valence-corrected chi connectivity index (χ0v) is 7.73. The van der Waals surface area contributed by atoms with E-state index in [4.69, 9.17) is 0 Å². The summed E-state index contributed by atoms with van der Waals surface area (Å²) in [5.41, 5.74) is 2.86. The van der Waals surface area contributed by atoms with Crippen molar-refractivity contribution in [1.82, 2.24) is 4.90 Å². The summed E-state index contributed by atoms with van der Waals surface area (Å²) >= 11 is 1.77. The van der Waals surface area contributed by atoms with Gasteiger partial charge < -0.3 is 4.90 Å². The fraction of sp³-hybridized carbons (Fsp3) is 0.625. The van der Waals surface area contributed by atoms with Crippen molar-refractivity contribution in [3.8, 4) is 0 Å². The lowest BCUT2D eigenvalue weighted by molar-refractivity contribution is 0.364. The van der Waals surface area contributed by atoms with Crippen LogP contribution < -0.4 is 0 Å². The molecule has 0 fully saturated rings. The standard InChI is InChI=1S/C8H14N2S/c1-8-6-10(2)4-3-5-11-7-9-8/h7H,1,3-6H2,2H3/b9-7-. The minimum Gasteiger partial charge on any atom is -0.301 e. The first-order chi connectivity index (χ1) is 5.29. The number of rotatable bonds is 0. The maximum Gasteiger partial charge on any atom is 0.0600 e. The van der Waals surface area contributed by atoms with Gasteiger partial charge in [-0.2, -0.15) is 0 Å². The molecule has 0 saturated carbocycles. The van der Waals surface area contributed by atoms with Crippen molar-refractivity contribution in [1.29, 1.82) is 0 Å². The largest absolute Gasteiger partial charge is 0.301 e. The lowest BCUT2D eigenvalue weighted by Crippen LogP contribution is -2.21. The Morgan fingerprint density at radius 1 is 1.73 bits per heavy atom. The quantitative estimate of drug-likeness (QED) is 0.549. The molecule has 0 atom stereocenters. The summed E-state index contributed by atoms with van der Waals surface area (Å²) in [6.45, 7) is 5.90. The van der Waals surface area contributed by atoms with Crippen LogP contribution in [0.1, 0.15) is 6.42 Å². The smallest absolute Gasteiger partial charge is 0.0600 e. The molecule has 2 nitrogen and oxygen atoms in total. The first kappa shape index (κ1) is 8.81. The third kappa shape index (κ3) is 3.58. The Labute approximate surface area is 72.4 Å². The fourth-order valence-corrected chi connectivity index (χ4v) is 1.64. The SMILES string of the molecule is C=C1CN(C)CCCS/C=N\1. The lowest BCUT2D eigenvalue weighted by Gasteiger charge is -2.14. The van der Waals surface area contributed by atoms with Gasteiger partial charge in [0, 0.05) is 18.0 Å². The Balaban J connectivity index is 2.45. The molecule has 11 heavy (non-hydrogen) atoms. The van der Waals surface area contributed by atoms with Gasteiger partial charge in [0.15, 0.2) is 0 Å². The summed E-state index contributed by atoms with van der Waals surface area (Å²) < 4.78 is 0. The Morgan fingerprint density at radius 3 is 3.36 bits per heavy atom. The molecule has 62 valence electrons. The third-order valence-electron chi connectivity index (χ3n) is 1.56. The van der Waals surface area contributed by atoms with E-state index in [1.807, 2.05) is 5.55 Å². The van der Waals surface area contributed by atoms with Crippen LogP contribution in [0.3, 0.4) is 0 Å². The van der Waals surface area contributed by atoms with Crippen LogP contribution in [-0.4, -0.2) is 36.3 Å². The van der Waals surface area contributed by atoms with E-state index in [1.165, 1.54) is 12.2 Å². The third-order valence-corrected chi connectivity index (χ3v) is 2.34. The number of hydrogen-bond acceptors (Lipinski definition) is 3. The normalized spacial score (nSPS) is 25.4. The van der Waals surface area contributed by atoms with E-state index in [1.54, 1.807) is 11.8 Å². The Kier molecular flexibility index (Phi) is 3.66. The number of thioether (sulfide) groups is 1. The maximum absolute atomic E-state index is 4.20. The highest BCUT2D eigenvalue weighted by molar-refractivity contribution is 8.12. The molecule has 0 amide bonds. The van der Waals surface area contributed by atoms with Crippen LogP contribution >= 0.6 is 11.8 Å². The van der Waals surface area contributed by atoms with Gasteiger partial charge in [0.25, 0.3) is 0 Å². The van der Waals surface area contributed by atoms with Gasteiger partial charge in [0.05, 0.1) is 5.55 Å². The fourth-order valence-electron chi connectivity index (χ4n) is 1.01. The highest BCUT2D eigenvalue weighted by Crippen LogP contribution is 2.06. The van der Waals surface area contributed by atoms with Gasteiger partial charge in [-0.1, -0.05) is 6.58 Å². The molecule has 0 aromatic rings. The summed E-state index contributed by atoms with van der Waals surface area (Å²) in [5, 5.41) is 0. The predicted molar refractivity (Wildman–Crippen MR) is 52.2 cm³/mol. The molecular formula is C8H14N2S. The second kappa shape index (κ2) is 4.57. The van der Waals surface area contributed by atoms with Gasteiger partial charge in [-0.05, 0) is 20.0 Å². The van der Waals surface area contributed by atoms with Crippen LogP contribution in [-0.2, 0) is 0 Å². The summed E-state index contributed by atoms with van der Waals surface area (Å²) in [6.07, 6.45) is 1.24. The molecule has 1 heterocycles. The molecule has 0 radical (unpaired) electrons. The van der Waals surface area contributed by atoms with E-state index in [2.05, 4.69) is 23.5 Å². The lowest BCUT2D eigenvalue weighted by atomic mass is 10.4. The van der Waals surface area contributed by atoms with Gasteiger partial charge >= 0.3 is 0 Å². The molecule has 0 aliphatic carbocycles. The minimum absolute atomic E-state index is 0.900. The first-order valence-electron chi connectivity index (χ1n) is 3.79. The van der Waals surface area contributed by atoms with Crippen molar-refractivity contribution in [3.05, 3.63) is 12.3 Å². The topological polar surface area (TPSA) is 15.6 Å². The second-order valence-electron chi connectivity index (χ2n) is 2.76. The molecule has 0 bridgehead atoms.